The standard InChI is InChI=1S/C12H26OSi/c1-6-8-10-12(11-9-7-2)13-14(3,4)5/h6,8,12H,7,9-11H2,1-5H3. The van der Waals surface area contributed by atoms with Crippen LogP contribution in [-0.2, 0) is 4.43 Å². The maximum atomic E-state index is 6.13. The molecule has 0 radical (unpaired) electrons. The highest BCUT2D eigenvalue weighted by atomic mass is 28.4. The highest BCUT2D eigenvalue weighted by Gasteiger charge is 2.19. The minimum absolute atomic E-state index is 0.456. The van der Waals surface area contributed by atoms with Crippen molar-refractivity contribution in [3.63, 3.8) is 0 Å². The minimum atomic E-state index is -1.35. The lowest BCUT2D eigenvalue weighted by Gasteiger charge is -2.25. The van der Waals surface area contributed by atoms with E-state index in [-0.39, 0.29) is 0 Å². The molecule has 0 bridgehead atoms. The van der Waals surface area contributed by atoms with Gasteiger partial charge in [0.2, 0.25) is 0 Å². The summed E-state index contributed by atoms with van der Waals surface area (Å²) in [6.07, 6.45) is 9.64. The van der Waals surface area contributed by atoms with Crippen LogP contribution in [0, 0.1) is 0 Å². The third-order valence-corrected chi connectivity index (χ3v) is 3.07. The molecule has 0 fully saturated rings. The third-order valence-electron chi connectivity index (χ3n) is 2.03. The molecule has 0 saturated heterocycles. The van der Waals surface area contributed by atoms with Gasteiger partial charge in [0.25, 0.3) is 0 Å². The Morgan fingerprint density at radius 1 is 1.29 bits per heavy atom. The van der Waals surface area contributed by atoms with Crippen molar-refractivity contribution in [3.05, 3.63) is 12.2 Å². The molecule has 1 atom stereocenters. The van der Waals surface area contributed by atoms with Gasteiger partial charge in [0.15, 0.2) is 8.32 Å². The van der Waals surface area contributed by atoms with E-state index in [2.05, 4.69) is 45.6 Å². The molecular formula is C12H26OSi. The summed E-state index contributed by atoms with van der Waals surface area (Å²) in [5.74, 6) is 0. The highest BCUT2D eigenvalue weighted by molar-refractivity contribution is 6.69. The van der Waals surface area contributed by atoms with Crippen LogP contribution in [0.4, 0.5) is 0 Å². The molecule has 0 saturated carbocycles. The lowest BCUT2D eigenvalue weighted by molar-refractivity contribution is 0.183. The lowest BCUT2D eigenvalue weighted by Crippen LogP contribution is -2.31. The molecule has 0 spiro atoms. The van der Waals surface area contributed by atoms with E-state index < -0.39 is 8.32 Å². The van der Waals surface area contributed by atoms with Crippen molar-refractivity contribution in [3.8, 4) is 0 Å². The molecule has 1 nitrogen and oxygen atoms in total. The van der Waals surface area contributed by atoms with Gasteiger partial charge in [-0.15, -0.1) is 0 Å². The molecule has 0 aliphatic carbocycles. The Labute approximate surface area is 90.7 Å². The average Bonchev–Trinajstić information content (AvgIpc) is 2.07. The number of rotatable bonds is 7. The number of unbranched alkanes of at least 4 members (excludes halogenated alkanes) is 1. The first-order valence-corrected chi connectivity index (χ1v) is 9.19. The quantitative estimate of drug-likeness (QED) is 0.452. The van der Waals surface area contributed by atoms with Gasteiger partial charge < -0.3 is 4.43 Å². The predicted octanol–water partition coefficient (Wildman–Crippen LogP) is 4.36. The molecule has 0 aliphatic rings. The fourth-order valence-corrected chi connectivity index (χ4v) is 2.66. The van der Waals surface area contributed by atoms with Crippen LogP contribution in [0.15, 0.2) is 12.2 Å². The van der Waals surface area contributed by atoms with Crippen molar-refractivity contribution in [2.24, 2.45) is 0 Å². The van der Waals surface area contributed by atoms with E-state index in [0.29, 0.717) is 6.10 Å². The molecule has 1 unspecified atom stereocenters. The van der Waals surface area contributed by atoms with Gasteiger partial charge in [-0.1, -0.05) is 31.9 Å². The van der Waals surface area contributed by atoms with E-state index >= 15 is 0 Å². The Morgan fingerprint density at radius 2 is 1.93 bits per heavy atom. The van der Waals surface area contributed by atoms with Crippen molar-refractivity contribution >= 4 is 8.32 Å². The summed E-state index contributed by atoms with van der Waals surface area (Å²) in [5, 5.41) is 0. The zero-order chi connectivity index (χ0) is 11.0. The van der Waals surface area contributed by atoms with Gasteiger partial charge in [0, 0.05) is 6.10 Å². The Bertz CT molecular complexity index is 158. The van der Waals surface area contributed by atoms with E-state index in [1.165, 1.54) is 19.3 Å². The summed E-state index contributed by atoms with van der Waals surface area (Å²) in [4.78, 5) is 0. The average molecular weight is 214 g/mol. The fraction of sp³-hybridized carbons (Fsp3) is 0.833. The van der Waals surface area contributed by atoms with Gasteiger partial charge in [-0.05, 0) is 39.4 Å². The summed E-state index contributed by atoms with van der Waals surface area (Å²) in [5.41, 5.74) is 0. The first kappa shape index (κ1) is 13.9. The van der Waals surface area contributed by atoms with Gasteiger partial charge in [0.05, 0.1) is 0 Å². The van der Waals surface area contributed by atoms with Crippen LogP contribution < -0.4 is 0 Å². The van der Waals surface area contributed by atoms with Crippen molar-refractivity contribution < 1.29 is 4.43 Å². The maximum absolute atomic E-state index is 6.13. The van der Waals surface area contributed by atoms with Crippen molar-refractivity contribution in [1.29, 1.82) is 0 Å². The largest absolute Gasteiger partial charge is 0.414 e. The second kappa shape index (κ2) is 7.24. The van der Waals surface area contributed by atoms with Crippen LogP contribution in [0.3, 0.4) is 0 Å². The van der Waals surface area contributed by atoms with Gasteiger partial charge in [-0.2, -0.15) is 0 Å². The van der Waals surface area contributed by atoms with Gasteiger partial charge >= 0.3 is 0 Å². The van der Waals surface area contributed by atoms with E-state index in [0.717, 1.165) is 6.42 Å². The van der Waals surface area contributed by atoms with E-state index in [4.69, 9.17) is 4.43 Å². The normalized spacial score (nSPS) is 14.9. The van der Waals surface area contributed by atoms with Crippen LogP contribution in [0.1, 0.15) is 39.5 Å². The van der Waals surface area contributed by atoms with Crippen LogP contribution in [0.2, 0.25) is 19.6 Å². The van der Waals surface area contributed by atoms with E-state index in [9.17, 15) is 0 Å². The summed E-state index contributed by atoms with van der Waals surface area (Å²) >= 11 is 0. The smallest absolute Gasteiger partial charge is 0.184 e. The van der Waals surface area contributed by atoms with Crippen LogP contribution in [0.25, 0.3) is 0 Å². The third kappa shape index (κ3) is 8.51. The second-order valence-electron chi connectivity index (χ2n) is 4.80. The van der Waals surface area contributed by atoms with Gasteiger partial charge in [-0.3, -0.25) is 0 Å². The Balaban J connectivity index is 3.96. The minimum Gasteiger partial charge on any atom is -0.414 e. The molecule has 84 valence electrons. The SMILES string of the molecule is CC=CCC(CCCC)O[Si](C)(C)C. The number of allylic oxidation sites excluding steroid dienone is 1. The Kier molecular flexibility index (Phi) is 7.20. The number of hydrogen-bond acceptors (Lipinski definition) is 1. The zero-order valence-corrected chi connectivity index (χ0v) is 11.5. The molecule has 0 amide bonds. The first-order chi connectivity index (χ1) is 6.49. The van der Waals surface area contributed by atoms with Crippen molar-refractivity contribution in [2.75, 3.05) is 0 Å². The zero-order valence-electron chi connectivity index (χ0n) is 10.5. The highest BCUT2D eigenvalue weighted by Crippen LogP contribution is 2.15. The molecule has 0 aromatic carbocycles. The fourth-order valence-electron chi connectivity index (χ4n) is 1.44. The molecule has 0 N–H and O–H groups in total. The van der Waals surface area contributed by atoms with Crippen molar-refractivity contribution in [2.45, 2.75) is 65.3 Å². The molecular weight excluding hydrogens is 188 g/mol. The maximum Gasteiger partial charge on any atom is 0.184 e. The first-order valence-electron chi connectivity index (χ1n) is 5.78. The summed E-state index contributed by atoms with van der Waals surface area (Å²) < 4.78 is 6.13. The van der Waals surface area contributed by atoms with E-state index in [1.807, 2.05) is 0 Å². The predicted molar refractivity (Wildman–Crippen MR) is 67.2 cm³/mol. The molecule has 0 rings (SSSR count). The van der Waals surface area contributed by atoms with Gasteiger partial charge in [-0.25, -0.2) is 0 Å². The topological polar surface area (TPSA) is 9.23 Å². The van der Waals surface area contributed by atoms with Crippen LogP contribution in [0.5, 0.6) is 0 Å². The summed E-state index contributed by atoms with van der Waals surface area (Å²) in [7, 11) is -1.35. The Hall–Kier alpha value is -0.0831. The molecule has 0 aromatic rings. The summed E-state index contributed by atoms with van der Waals surface area (Å²) in [6.45, 7) is 11.1. The van der Waals surface area contributed by atoms with Crippen LogP contribution in [-0.4, -0.2) is 14.4 Å². The van der Waals surface area contributed by atoms with Crippen LogP contribution >= 0.6 is 0 Å². The number of hydrogen-bond donors (Lipinski definition) is 0. The lowest BCUT2D eigenvalue weighted by atomic mass is 10.1. The molecule has 14 heavy (non-hydrogen) atoms. The van der Waals surface area contributed by atoms with Gasteiger partial charge in [0.1, 0.15) is 0 Å². The Morgan fingerprint density at radius 3 is 2.36 bits per heavy atom. The monoisotopic (exact) mass is 214 g/mol. The molecule has 0 heterocycles. The second-order valence-corrected chi connectivity index (χ2v) is 9.26. The van der Waals surface area contributed by atoms with E-state index in [1.54, 1.807) is 0 Å². The molecule has 0 aromatic heterocycles. The summed E-state index contributed by atoms with van der Waals surface area (Å²) in [6, 6.07) is 0. The molecule has 2 heteroatoms. The molecule has 0 aliphatic heterocycles. The van der Waals surface area contributed by atoms with Crippen molar-refractivity contribution in [1.82, 2.24) is 0 Å².